The number of rotatable bonds is 6. The van der Waals surface area contributed by atoms with Crippen molar-refractivity contribution in [1.82, 2.24) is 14.1 Å². The molecular weight excluding hydrogens is 322 g/mol. The molecule has 1 saturated heterocycles. The van der Waals surface area contributed by atoms with E-state index >= 15 is 0 Å². The third-order valence-corrected chi connectivity index (χ3v) is 6.30. The van der Waals surface area contributed by atoms with E-state index in [0.717, 1.165) is 31.7 Å². The lowest BCUT2D eigenvalue weighted by atomic mass is 9.92. The first-order valence-electron chi connectivity index (χ1n) is 8.54. The molecule has 1 heterocycles. The summed E-state index contributed by atoms with van der Waals surface area (Å²) < 4.78 is 27.1. The smallest absolute Gasteiger partial charge is 0.243 e. The van der Waals surface area contributed by atoms with Crippen molar-refractivity contribution in [2.75, 3.05) is 53.4 Å². The third kappa shape index (κ3) is 5.02. The zero-order valence-electron chi connectivity index (χ0n) is 15.6. The molecule has 0 bridgehead atoms. The lowest BCUT2D eigenvalue weighted by Gasteiger charge is -2.39. The van der Waals surface area contributed by atoms with Gasteiger partial charge >= 0.3 is 0 Å². The van der Waals surface area contributed by atoms with Crippen LogP contribution in [0.25, 0.3) is 0 Å². The maximum Gasteiger partial charge on any atom is 0.243 e. The normalized spacial score (nSPS) is 18.2. The minimum atomic E-state index is -3.37. The Labute approximate surface area is 147 Å². The highest BCUT2D eigenvalue weighted by atomic mass is 32.2. The first kappa shape index (κ1) is 19.4. The average molecular weight is 354 g/mol. The van der Waals surface area contributed by atoms with Crippen LogP contribution in [0.4, 0.5) is 0 Å². The van der Waals surface area contributed by atoms with Gasteiger partial charge in [-0.05, 0) is 38.6 Å². The van der Waals surface area contributed by atoms with Crippen molar-refractivity contribution in [2.45, 2.75) is 25.7 Å². The van der Waals surface area contributed by atoms with Crippen molar-refractivity contribution >= 4 is 10.0 Å². The highest BCUT2D eigenvalue weighted by Crippen LogP contribution is 2.22. The van der Waals surface area contributed by atoms with E-state index in [1.807, 2.05) is 19.1 Å². The number of piperazine rings is 1. The van der Waals surface area contributed by atoms with Crippen molar-refractivity contribution in [3.63, 3.8) is 0 Å². The molecule has 0 unspecified atom stereocenters. The fraction of sp³-hybridized carbons (Fsp3) is 0.667. The summed E-state index contributed by atoms with van der Waals surface area (Å²) in [6.07, 6.45) is 0. The van der Waals surface area contributed by atoms with Crippen LogP contribution in [0.5, 0.6) is 0 Å². The van der Waals surface area contributed by atoms with E-state index in [1.54, 1.807) is 16.4 Å². The quantitative estimate of drug-likeness (QED) is 0.783. The van der Waals surface area contributed by atoms with Crippen LogP contribution in [0.1, 0.15) is 19.4 Å². The minimum absolute atomic E-state index is 0.196. The predicted octanol–water partition coefficient (Wildman–Crippen LogP) is 1.89. The zero-order valence-corrected chi connectivity index (χ0v) is 16.4. The predicted molar refractivity (Wildman–Crippen MR) is 98.7 cm³/mol. The molecule has 5 nitrogen and oxygen atoms in total. The Morgan fingerprint density at radius 1 is 1.04 bits per heavy atom. The summed E-state index contributed by atoms with van der Waals surface area (Å²) >= 11 is 0. The molecule has 0 aliphatic carbocycles. The standard InChI is InChI=1S/C18H31N3O2S/c1-16-6-8-17(9-7-16)24(22,23)21-12-10-20(11-13-21)15-18(2,3)14-19(4)5/h6-9H,10-15H2,1-5H3. The molecule has 0 radical (unpaired) electrons. The SMILES string of the molecule is Cc1ccc(S(=O)(=O)N2CCN(CC(C)(C)CN(C)C)CC2)cc1. The van der Waals surface area contributed by atoms with Crippen LogP contribution in [0.3, 0.4) is 0 Å². The van der Waals surface area contributed by atoms with E-state index < -0.39 is 10.0 Å². The van der Waals surface area contributed by atoms with Gasteiger partial charge in [-0.1, -0.05) is 31.5 Å². The highest BCUT2D eigenvalue weighted by Gasteiger charge is 2.30. The minimum Gasteiger partial charge on any atom is -0.309 e. The largest absolute Gasteiger partial charge is 0.309 e. The molecule has 0 aromatic heterocycles. The van der Waals surface area contributed by atoms with Crippen LogP contribution in [-0.2, 0) is 10.0 Å². The molecule has 1 aliphatic heterocycles. The first-order chi connectivity index (χ1) is 11.1. The second-order valence-corrected chi connectivity index (χ2v) is 9.83. The van der Waals surface area contributed by atoms with Crippen molar-refractivity contribution in [1.29, 1.82) is 0 Å². The maximum absolute atomic E-state index is 12.7. The molecule has 2 rings (SSSR count). The van der Waals surface area contributed by atoms with Crippen LogP contribution >= 0.6 is 0 Å². The molecule has 1 fully saturated rings. The van der Waals surface area contributed by atoms with E-state index in [0.29, 0.717) is 18.0 Å². The average Bonchev–Trinajstić information content (AvgIpc) is 2.46. The molecular formula is C18H31N3O2S. The number of aryl methyl sites for hydroxylation is 1. The van der Waals surface area contributed by atoms with Crippen LogP contribution in [0.15, 0.2) is 29.2 Å². The van der Waals surface area contributed by atoms with Crippen LogP contribution < -0.4 is 0 Å². The summed E-state index contributed by atoms with van der Waals surface area (Å²) in [5.74, 6) is 0. The Bertz CT molecular complexity index is 631. The van der Waals surface area contributed by atoms with Gasteiger partial charge in [-0.25, -0.2) is 8.42 Å². The van der Waals surface area contributed by atoms with E-state index in [4.69, 9.17) is 0 Å². The molecule has 0 atom stereocenters. The molecule has 136 valence electrons. The van der Waals surface area contributed by atoms with Gasteiger partial charge < -0.3 is 9.80 Å². The fourth-order valence-corrected chi connectivity index (χ4v) is 4.92. The van der Waals surface area contributed by atoms with Gasteiger partial charge in [-0.15, -0.1) is 0 Å². The Morgan fingerprint density at radius 3 is 2.08 bits per heavy atom. The summed E-state index contributed by atoms with van der Waals surface area (Å²) in [6.45, 7) is 11.2. The van der Waals surface area contributed by atoms with E-state index in [1.165, 1.54) is 0 Å². The summed E-state index contributed by atoms with van der Waals surface area (Å²) in [5.41, 5.74) is 1.27. The first-order valence-corrected chi connectivity index (χ1v) is 9.98. The topological polar surface area (TPSA) is 43.9 Å². The van der Waals surface area contributed by atoms with Crippen LogP contribution in [-0.4, -0.2) is 75.9 Å². The summed E-state index contributed by atoms with van der Waals surface area (Å²) in [4.78, 5) is 4.98. The van der Waals surface area contributed by atoms with Gasteiger partial charge in [0.25, 0.3) is 0 Å². The summed E-state index contributed by atoms with van der Waals surface area (Å²) in [7, 11) is 0.816. The number of hydrogen-bond donors (Lipinski definition) is 0. The second kappa shape index (κ2) is 7.52. The Kier molecular flexibility index (Phi) is 6.07. The Hall–Kier alpha value is -0.950. The number of hydrogen-bond acceptors (Lipinski definition) is 4. The van der Waals surface area contributed by atoms with Gasteiger partial charge in [0.15, 0.2) is 0 Å². The van der Waals surface area contributed by atoms with Gasteiger partial charge in [0.1, 0.15) is 0 Å². The van der Waals surface area contributed by atoms with Crippen molar-refractivity contribution in [3.05, 3.63) is 29.8 Å². The fourth-order valence-electron chi connectivity index (χ4n) is 3.50. The molecule has 0 N–H and O–H groups in total. The highest BCUT2D eigenvalue weighted by molar-refractivity contribution is 7.89. The Morgan fingerprint density at radius 2 is 1.58 bits per heavy atom. The lowest BCUT2D eigenvalue weighted by molar-refractivity contribution is 0.113. The van der Waals surface area contributed by atoms with E-state index in [2.05, 4.69) is 37.7 Å². The van der Waals surface area contributed by atoms with Crippen LogP contribution in [0.2, 0.25) is 0 Å². The molecule has 0 amide bonds. The summed E-state index contributed by atoms with van der Waals surface area (Å²) in [6, 6.07) is 7.12. The van der Waals surface area contributed by atoms with Gasteiger partial charge in [0.05, 0.1) is 4.90 Å². The van der Waals surface area contributed by atoms with Gasteiger partial charge in [0.2, 0.25) is 10.0 Å². The number of nitrogens with zero attached hydrogens (tertiary/aromatic N) is 3. The molecule has 24 heavy (non-hydrogen) atoms. The second-order valence-electron chi connectivity index (χ2n) is 7.90. The van der Waals surface area contributed by atoms with Crippen molar-refractivity contribution < 1.29 is 8.42 Å². The molecule has 0 spiro atoms. The lowest BCUT2D eigenvalue weighted by Crippen LogP contribution is -2.51. The Balaban J connectivity index is 1.96. The number of benzene rings is 1. The van der Waals surface area contributed by atoms with Gasteiger partial charge in [-0.2, -0.15) is 4.31 Å². The van der Waals surface area contributed by atoms with Crippen LogP contribution in [0, 0.1) is 12.3 Å². The van der Waals surface area contributed by atoms with E-state index in [9.17, 15) is 8.42 Å². The molecule has 6 heteroatoms. The third-order valence-electron chi connectivity index (χ3n) is 4.39. The monoisotopic (exact) mass is 353 g/mol. The van der Waals surface area contributed by atoms with Gasteiger partial charge in [-0.3, -0.25) is 0 Å². The molecule has 1 aliphatic rings. The maximum atomic E-state index is 12.7. The zero-order chi connectivity index (χ0) is 18.0. The molecule has 1 aromatic carbocycles. The van der Waals surface area contributed by atoms with Crippen molar-refractivity contribution in [3.8, 4) is 0 Å². The number of sulfonamides is 1. The van der Waals surface area contributed by atoms with Crippen molar-refractivity contribution in [2.24, 2.45) is 5.41 Å². The molecule has 0 saturated carbocycles. The van der Waals surface area contributed by atoms with Gasteiger partial charge in [0, 0.05) is 39.3 Å². The summed E-state index contributed by atoms with van der Waals surface area (Å²) in [5, 5.41) is 0. The van der Waals surface area contributed by atoms with E-state index in [-0.39, 0.29) is 5.41 Å². The molecule has 1 aromatic rings.